The zero-order chi connectivity index (χ0) is 37.2. The second-order valence-electron chi connectivity index (χ2n) is 16.5. The van der Waals surface area contributed by atoms with Gasteiger partial charge in [0.25, 0.3) is 0 Å². The summed E-state index contributed by atoms with van der Waals surface area (Å²) in [7, 11) is 0. The molecule has 0 nitrogen and oxygen atoms in total. The van der Waals surface area contributed by atoms with Gasteiger partial charge in [-0.2, -0.15) is 0 Å². The van der Waals surface area contributed by atoms with E-state index in [0.717, 1.165) is 32.1 Å². The summed E-state index contributed by atoms with van der Waals surface area (Å²) in [5.41, 5.74) is 20.2. The minimum atomic E-state index is 0.499. The molecule has 1 atom stereocenters. The van der Waals surface area contributed by atoms with Crippen molar-refractivity contribution in [1.82, 2.24) is 0 Å². The van der Waals surface area contributed by atoms with Crippen LogP contribution in [-0.2, 0) is 12.8 Å². The Hall–Kier alpha value is -6.28. The van der Waals surface area contributed by atoms with Crippen LogP contribution in [0.1, 0.15) is 40.8 Å². The molecule has 0 N–H and O–H groups in total. The minimum absolute atomic E-state index is 0.499. The Balaban J connectivity index is 1.00. The molecule has 1 heterocycles. The number of rotatable bonds is 3. The Morgan fingerprint density at radius 1 is 0.526 bits per heavy atom. The average molecular weight is 743 g/mol. The highest BCUT2D eigenvalue weighted by Gasteiger charge is 2.32. The molecular weight excluding hydrogens is 705 g/mol. The number of aryl methyl sites for hydroxylation is 1. The smallest absolute Gasteiger partial charge is 0.0430 e. The first-order chi connectivity index (χ1) is 28.3. The molecule has 1 heteroatoms. The van der Waals surface area contributed by atoms with Gasteiger partial charge in [0.2, 0.25) is 0 Å². The molecule has 0 spiro atoms. The van der Waals surface area contributed by atoms with Crippen LogP contribution in [0.3, 0.4) is 0 Å². The summed E-state index contributed by atoms with van der Waals surface area (Å²) in [6.45, 7) is 0. The summed E-state index contributed by atoms with van der Waals surface area (Å²) in [5, 5.41) is 9.35. The lowest BCUT2D eigenvalue weighted by Crippen LogP contribution is -2.10. The Bertz CT molecular complexity index is 3250. The van der Waals surface area contributed by atoms with E-state index in [1.165, 1.54) is 109 Å². The Kier molecular flexibility index (Phi) is 6.77. The molecule has 0 saturated carbocycles. The van der Waals surface area contributed by atoms with Crippen LogP contribution in [0.4, 0.5) is 0 Å². The van der Waals surface area contributed by atoms with Gasteiger partial charge in [-0.05, 0) is 137 Å². The molecule has 57 heavy (non-hydrogen) atoms. The summed E-state index contributed by atoms with van der Waals surface area (Å²) in [6, 6.07) is 46.2. The zero-order valence-electron chi connectivity index (χ0n) is 31.6. The maximum Gasteiger partial charge on any atom is 0.0430 e. The number of hydrogen-bond donors (Lipinski definition) is 0. The van der Waals surface area contributed by atoms with Crippen LogP contribution in [-0.4, -0.2) is 0 Å². The number of allylic oxidation sites excluding steroid dienone is 12. The molecule has 0 aliphatic heterocycles. The third-order valence-corrected chi connectivity index (χ3v) is 14.9. The highest BCUT2D eigenvalue weighted by Crippen LogP contribution is 2.54. The molecule has 5 aliphatic rings. The van der Waals surface area contributed by atoms with Gasteiger partial charge in [-0.15, -0.1) is 11.3 Å². The van der Waals surface area contributed by atoms with Crippen molar-refractivity contribution in [2.24, 2.45) is 5.92 Å². The molecule has 7 aromatic carbocycles. The molecule has 1 aromatic heterocycles. The van der Waals surface area contributed by atoms with E-state index < -0.39 is 0 Å². The molecule has 13 rings (SSSR count). The second-order valence-corrected chi connectivity index (χ2v) is 17.6. The number of hydrogen-bond acceptors (Lipinski definition) is 1. The van der Waals surface area contributed by atoms with E-state index in [2.05, 4.69) is 175 Å². The number of thiophene rings is 1. The van der Waals surface area contributed by atoms with Crippen molar-refractivity contribution < 1.29 is 0 Å². The first kappa shape index (κ1) is 31.9. The van der Waals surface area contributed by atoms with Crippen LogP contribution in [0, 0.1) is 5.92 Å². The predicted molar refractivity (Wildman–Crippen MR) is 244 cm³/mol. The van der Waals surface area contributed by atoms with Crippen molar-refractivity contribution in [3.63, 3.8) is 0 Å². The molecule has 0 bridgehead atoms. The fourth-order valence-corrected chi connectivity index (χ4v) is 12.5. The standard InChI is InChI=1S/C56H38S/c1-2-12-34-29-37(24-23-33(34)11-1)40-25-26-46-41(40)27-28-51-55(46)49-22-10-21-48(56(49)57-51)54-44-18-7-5-16-42(44)53(43-17-6-8-19-45(43)54)47-20-9-15-38-31-39-30-35-13-3-4-14-36(35)32-50(39)52(38)47/h1-25,30,32,34H,26-29,31H2. The third kappa shape index (κ3) is 4.61. The zero-order valence-corrected chi connectivity index (χ0v) is 32.4. The van der Waals surface area contributed by atoms with Crippen LogP contribution in [0.2, 0.25) is 0 Å². The highest BCUT2D eigenvalue weighted by atomic mass is 32.1. The maximum atomic E-state index is 2.54. The minimum Gasteiger partial charge on any atom is -0.139 e. The predicted octanol–water partition coefficient (Wildman–Crippen LogP) is 15.3. The van der Waals surface area contributed by atoms with E-state index in [1.807, 2.05) is 0 Å². The van der Waals surface area contributed by atoms with Gasteiger partial charge in [0.05, 0.1) is 0 Å². The molecule has 5 aliphatic carbocycles. The summed E-state index contributed by atoms with van der Waals surface area (Å²) >= 11 is 2.05. The monoisotopic (exact) mass is 742 g/mol. The summed E-state index contributed by atoms with van der Waals surface area (Å²) in [4.78, 5) is 1.56. The van der Waals surface area contributed by atoms with Crippen molar-refractivity contribution in [3.8, 4) is 33.4 Å². The van der Waals surface area contributed by atoms with Crippen molar-refractivity contribution in [3.05, 3.63) is 208 Å². The molecule has 268 valence electrons. The Morgan fingerprint density at radius 2 is 1.23 bits per heavy atom. The van der Waals surface area contributed by atoms with Crippen LogP contribution >= 0.6 is 11.3 Å². The Labute approximate surface area is 336 Å². The normalized spacial score (nSPS) is 17.8. The molecule has 0 saturated heterocycles. The SMILES string of the molecule is C1=CC2=CC=C(C3=CCC4=C3CCc3sc5c(-c6c7ccccc7c(-c7cccc8c7-c7cc9ccccc9cc7C8)c7ccccc67)cccc5c34)CC2C=C1. The topological polar surface area (TPSA) is 0 Å². The van der Waals surface area contributed by atoms with Gasteiger partial charge in [0.1, 0.15) is 0 Å². The average Bonchev–Trinajstić information content (AvgIpc) is 3.98. The van der Waals surface area contributed by atoms with Crippen LogP contribution in [0.5, 0.6) is 0 Å². The largest absolute Gasteiger partial charge is 0.139 e. The first-order valence-electron chi connectivity index (χ1n) is 20.6. The van der Waals surface area contributed by atoms with Crippen LogP contribution in [0.15, 0.2) is 186 Å². The van der Waals surface area contributed by atoms with Gasteiger partial charge in [0.15, 0.2) is 0 Å². The maximum absolute atomic E-state index is 2.54. The van der Waals surface area contributed by atoms with Crippen molar-refractivity contribution in [2.75, 3.05) is 0 Å². The van der Waals surface area contributed by atoms with Gasteiger partial charge in [-0.1, -0.05) is 158 Å². The summed E-state index contributed by atoms with van der Waals surface area (Å²) in [5.74, 6) is 0.499. The first-order valence-corrected chi connectivity index (χ1v) is 21.4. The lowest BCUT2D eigenvalue weighted by Gasteiger charge is -2.25. The van der Waals surface area contributed by atoms with Gasteiger partial charge >= 0.3 is 0 Å². The molecule has 8 aromatic rings. The number of fused-ring (bicyclic) bond motifs is 11. The van der Waals surface area contributed by atoms with Gasteiger partial charge < -0.3 is 0 Å². The van der Waals surface area contributed by atoms with E-state index in [0.29, 0.717) is 5.92 Å². The van der Waals surface area contributed by atoms with Crippen molar-refractivity contribution >= 4 is 59.3 Å². The van der Waals surface area contributed by atoms with E-state index in [4.69, 9.17) is 0 Å². The van der Waals surface area contributed by atoms with Gasteiger partial charge in [-0.3, -0.25) is 0 Å². The molecular formula is C56H38S. The van der Waals surface area contributed by atoms with Crippen LogP contribution in [0.25, 0.3) is 81.4 Å². The number of benzene rings is 7. The summed E-state index contributed by atoms with van der Waals surface area (Å²) in [6.07, 6.45) is 21.7. The Morgan fingerprint density at radius 3 is 2.04 bits per heavy atom. The van der Waals surface area contributed by atoms with Gasteiger partial charge in [0, 0.05) is 32.0 Å². The highest BCUT2D eigenvalue weighted by molar-refractivity contribution is 7.20. The van der Waals surface area contributed by atoms with E-state index in [-0.39, 0.29) is 0 Å². The molecule has 0 amide bonds. The molecule has 0 radical (unpaired) electrons. The molecule has 0 fully saturated rings. The second kappa shape index (κ2) is 12.1. The fourth-order valence-electron chi connectivity index (χ4n) is 11.1. The van der Waals surface area contributed by atoms with E-state index in [1.54, 1.807) is 16.0 Å². The summed E-state index contributed by atoms with van der Waals surface area (Å²) < 4.78 is 1.43. The lowest BCUT2D eigenvalue weighted by molar-refractivity contribution is 0.750. The third-order valence-electron chi connectivity index (χ3n) is 13.6. The fraction of sp³-hybridized carbons (Fsp3) is 0.107. The quantitative estimate of drug-likeness (QED) is 0.158. The van der Waals surface area contributed by atoms with E-state index in [9.17, 15) is 0 Å². The van der Waals surface area contributed by atoms with Crippen molar-refractivity contribution in [1.29, 1.82) is 0 Å². The van der Waals surface area contributed by atoms with Gasteiger partial charge in [-0.25, -0.2) is 0 Å². The van der Waals surface area contributed by atoms with Crippen molar-refractivity contribution in [2.45, 2.75) is 32.1 Å². The molecule has 1 unspecified atom stereocenters. The lowest BCUT2D eigenvalue weighted by atomic mass is 9.79. The van der Waals surface area contributed by atoms with Crippen LogP contribution < -0.4 is 0 Å². The van der Waals surface area contributed by atoms with E-state index >= 15 is 0 Å².